The number of aliphatic hydroxyl groups is 2. The Labute approximate surface area is 194 Å². The molecular weight excluding hydrogens is 404 g/mol. The first-order valence-electron chi connectivity index (χ1n) is 12.8. The van der Waals surface area contributed by atoms with Crippen molar-refractivity contribution < 1.29 is 19.7 Å². The Hall–Kier alpha value is -1.34. The molecular formula is C26H44N2O4. The Kier molecular flexibility index (Phi) is 10.6. The topological polar surface area (TPSA) is 65.4 Å². The van der Waals surface area contributed by atoms with Crippen molar-refractivity contribution in [3.05, 3.63) is 24.3 Å². The van der Waals surface area contributed by atoms with Crippen molar-refractivity contribution in [3.63, 3.8) is 0 Å². The minimum atomic E-state index is -0.491. The Morgan fingerprint density at radius 2 is 1.16 bits per heavy atom. The molecule has 4 atom stereocenters. The molecule has 0 bridgehead atoms. The molecule has 4 unspecified atom stereocenters. The lowest BCUT2D eigenvalue weighted by Gasteiger charge is -2.36. The fourth-order valence-corrected chi connectivity index (χ4v) is 5.19. The van der Waals surface area contributed by atoms with Crippen molar-refractivity contribution in [1.29, 1.82) is 0 Å². The first kappa shape index (κ1) is 25.3. The number of hydrogen-bond acceptors (Lipinski definition) is 6. The van der Waals surface area contributed by atoms with Gasteiger partial charge in [-0.3, -0.25) is 9.80 Å². The summed E-state index contributed by atoms with van der Waals surface area (Å²) < 4.78 is 11.6. The fourth-order valence-electron chi connectivity index (χ4n) is 5.19. The van der Waals surface area contributed by atoms with Crippen molar-refractivity contribution in [2.24, 2.45) is 0 Å². The average molecular weight is 449 g/mol. The Balaban J connectivity index is 1.36. The van der Waals surface area contributed by atoms with E-state index in [1.165, 1.54) is 38.5 Å². The van der Waals surface area contributed by atoms with E-state index in [0.29, 0.717) is 38.4 Å². The van der Waals surface area contributed by atoms with Gasteiger partial charge in [-0.25, -0.2) is 0 Å². The van der Waals surface area contributed by atoms with E-state index in [0.717, 1.165) is 37.4 Å². The van der Waals surface area contributed by atoms with Crippen molar-refractivity contribution >= 4 is 0 Å². The van der Waals surface area contributed by atoms with Gasteiger partial charge >= 0.3 is 0 Å². The number of benzene rings is 1. The predicted molar refractivity (Wildman–Crippen MR) is 128 cm³/mol. The number of β-amino-alcohol motifs (C(OH)–C–C–N with tert-alkyl or cyclic N) is 2. The molecule has 3 rings (SSSR count). The molecule has 0 spiro atoms. The molecule has 1 aromatic rings. The van der Waals surface area contributed by atoms with Gasteiger partial charge < -0.3 is 19.7 Å². The van der Waals surface area contributed by atoms with E-state index >= 15 is 0 Å². The highest BCUT2D eigenvalue weighted by Crippen LogP contribution is 2.22. The lowest BCUT2D eigenvalue weighted by molar-refractivity contribution is 0.0379. The molecule has 32 heavy (non-hydrogen) atoms. The van der Waals surface area contributed by atoms with Gasteiger partial charge in [0, 0.05) is 25.2 Å². The summed E-state index contributed by atoms with van der Waals surface area (Å²) in [6, 6.07) is 8.63. The Bertz CT molecular complexity index is 586. The lowest BCUT2D eigenvalue weighted by atomic mass is 10.00. The Morgan fingerprint density at radius 1 is 0.750 bits per heavy atom. The van der Waals surface area contributed by atoms with Crippen molar-refractivity contribution in [2.75, 3.05) is 39.4 Å². The normalized spacial score (nSPS) is 24.8. The van der Waals surface area contributed by atoms with Crippen LogP contribution in [0.2, 0.25) is 0 Å². The van der Waals surface area contributed by atoms with Gasteiger partial charge in [0.2, 0.25) is 0 Å². The van der Waals surface area contributed by atoms with Crippen LogP contribution in [0.3, 0.4) is 0 Å². The predicted octanol–water partition coefficient (Wildman–Crippen LogP) is 3.70. The summed E-state index contributed by atoms with van der Waals surface area (Å²) in [5, 5.41) is 20.8. The second-order valence-corrected chi connectivity index (χ2v) is 9.51. The van der Waals surface area contributed by atoms with E-state index < -0.39 is 12.2 Å². The van der Waals surface area contributed by atoms with Gasteiger partial charge in [-0.2, -0.15) is 0 Å². The van der Waals surface area contributed by atoms with Crippen LogP contribution in [-0.2, 0) is 0 Å². The summed E-state index contributed by atoms with van der Waals surface area (Å²) in [7, 11) is 0. The largest absolute Gasteiger partial charge is 0.491 e. The molecule has 2 saturated heterocycles. The molecule has 0 saturated carbocycles. The maximum absolute atomic E-state index is 10.4. The zero-order valence-electron chi connectivity index (χ0n) is 20.1. The summed E-state index contributed by atoms with van der Waals surface area (Å²) in [5.74, 6) is 1.45. The van der Waals surface area contributed by atoms with E-state index in [1.807, 2.05) is 24.3 Å². The van der Waals surface area contributed by atoms with Crippen LogP contribution in [0.1, 0.15) is 65.2 Å². The highest BCUT2D eigenvalue weighted by molar-refractivity contribution is 5.31. The smallest absolute Gasteiger partial charge is 0.119 e. The summed E-state index contributed by atoms with van der Waals surface area (Å²) >= 11 is 0. The molecule has 2 aliphatic rings. The maximum Gasteiger partial charge on any atom is 0.119 e. The zero-order chi connectivity index (χ0) is 22.8. The molecule has 0 aliphatic carbocycles. The second-order valence-electron chi connectivity index (χ2n) is 9.51. The van der Waals surface area contributed by atoms with Gasteiger partial charge in [0.1, 0.15) is 36.9 Å². The molecule has 2 fully saturated rings. The van der Waals surface area contributed by atoms with Gasteiger partial charge in [-0.05, 0) is 75.9 Å². The third-order valence-electron chi connectivity index (χ3n) is 7.04. The van der Waals surface area contributed by atoms with Crippen LogP contribution < -0.4 is 9.47 Å². The molecule has 0 aromatic heterocycles. The molecule has 6 nitrogen and oxygen atoms in total. The maximum atomic E-state index is 10.4. The van der Waals surface area contributed by atoms with Gasteiger partial charge in [0.25, 0.3) is 0 Å². The van der Waals surface area contributed by atoms with Crippen LogP contribution in [0.15, 0.2) is 24.3 Å². The zero-order valence-corrected chi connectivity index (χ0v) is 20.1. The van der Waals surface area contributed by atoms with Crippen LogP contribution in [0.4, 0.5) is 0 Å². The molecule has 0 radical (unpaired) electrons. The van der Waals surface area contributed by atoms with E-state index in [2.05, 4.69) is 23.6 Å². The first-order chi connectivity index (χ1) is 15.6. The van der Waals surface area contributed by atoms with Crippen molar-refractivity contribution in [1.82, 2.24) is 9.80 Å². The fraction of sp³-hybridized carbons (Fsp3) is 0.769. The number of aliphatic hydroxyl groups excluding tert-OH is 2. The summed E-state index contributed by atoms with van der Waals surface area (Å²) in [6.07, 6.45) is 8.80. The van der Waals surface area contributed by atoms with Gasteiger partial charge in [-0.15, -0.1) is 0 Å². The van der Waals surface area contributed by atoms with Crippen LogP contribution in [0, 0.1) is 0 Å². The minimum Gasteiger partial charge on any atom is -0.491 e. The van der Waals surface area contributed by atoms with Gasteiger partial charge in [0.05, 0.1) is 0 Å². The van der Waals surface area contributed by atoms with E-state index in [9.17, 15) is 10.2 Å². The van der Waals surface area contributed by atoms with Crippen molar-refractivity contribution in [2.45, 2.75) is 89.5 Å². The summed E-state index contributed by atoms with van der Waals surface area (Å²) in [5.41, 5.74) is 0. The highest BCUT2D eigenvalue weighted by atomic mass is 16.5. The van der Waals surface area contributed by atoms with Crippen LogP contribution in [0.5, 0.6) is 11.5 Å². The molecule has 2 N–H and O–H groups in total. The number of ether oxygens (including phenoxy) is 2. The number of piperidine rings is 2. The summed E-state index contributed by atoms with van der Waals surface area (Å²) in [6.45, 7) is 8.53. The molecule has 1 aromatic carbocycles. The van der Waals surface area contributed by atoms with Gasteiger partial charge in [-0.1, -0.05) is 26.7 Å². The number of hydrogen-bond donors (Lipinski definition) is 2. The minimum absolute atomic E-state index is 0.292. The number of likely N-dealkylation sites (tertiary alicyclic amines) is 2. The van der Waals surface area contributed by atoms with E-state index in [4.69, 9.17) is 9.47 Å². The van der Waals surface area contributed by atoms with E-state index in [-0.39, 0.29) is 0 Å². The Morgan fingerprint density at radius 3 is 1.53 bits per heavy atom. The molecule has 2 heterocycles. The monoisotopic (exact) mass is 448 g/mol. The number of nitrogens with zero attached hydrogens (tertiary/aromatic N) is 2. The molecule has 0 amide bonds. The SMILES string of the molecule is CCC1CCCCN1CC(O)COc1ccc(OCC(O)CN2CCCCC2CC)cc1. The summed E-state index contributed by atoms with van der Waals surface area (Å²) in [4.78, 5) is 4.82. The number of rotatable bonds is 12. The standard InChI is InChI=1S/C26H44N2O4/c1-3-21-9-5-7-15-27(21)17-23(29)19-31-25-11-13-26(14-12-25)32-20-24(30)18-28-16-8-6-10-22(28)4-2/h11-14,21-24,29-30H,3-10,15-20H2,1-2H3. The van der Waals surface area contributed by atoms with E-state index in [1.54, 1.807) is 0 Å². The van der Waals surface area contributed by atoms with Crippen LogP contribution in [-0.4, -0.2) is 83.7 Å². The third-order valence-corrected chi connectivity index (χ3v) is 7.04. The molecule has 6 heteroatoms. The van der Waals surface area contributed by atoms with Crippen molar-refractivity contribution in [3.8, 4) is 11.5 Å². The quantitative estimate of drug-likeness (QED) is 0.508. The lowest BCUT2D eigenvalue weighted by Crippen LogP contribution is -2.44. The highest BCUT2D eigenvalue weighted by Gasteiger charge is 2.24. The second kappa shape index (κ2) is 13.4. The molecule has 182 valence electrons. The molecule has 2 aliphatic heterocycles. The van der Waals surface area contributed by atoms with Crippen LogP contribution in [0.25, 0.3) is 0 Å². The average Bonchev–Trinajstić information content (AvgIpc) is 2.83. The van der Waals surface area contributed by atoms with Crippen LogP contribution >= 0.6 is 0 Å². The first-order valence-corrected chi connectivity index (χ1v) is 12.8. The van der Waals surface area contributed by atoms with Gasteiger partial charge in [0.15, 0.2) is 0 Å². The third kappa shape index (κ3) is 7.91.